The van der Waals surface area contributed by atoms with Crippen LogP contribution in [0, 0.1) is 5.92 Å². The van der Waals surface area contributed by atoms with Crippen molar-refractivity contribution >= 4 is 11.6 Å². The number of nitrogens with two attached hydrogens (primary N) is 1. The van der Waals surface area contributed by atoms with Crippen molar-refractivity contribution in [1.82, 2.24) is 9.97 Å². The van der Waals surface area contributed by atoms with E-state index in [0.29, 0.717) is 17.5 Å². The average molecular weight is 252 g/mol. The summed E-state index contributed by atoms with van der Waals surface area (Å²) in [4.78, 5) is 10.4. The van der Waals surface area contributed by atoms with Crippen molar-refractivity contribution in [2.24, 2.45) is 5.92 Å². The highest BCUT2D eigenvalue weighted by molar-refractivity contribution is 5.62. The van der Waals surface area contributed by atoms with Crippen LogP contribution in [0.1, 0.15) is 19.3 Å². The minimum absolute atomic E-state index is 0.238. The molecule has 2 rings (SSSR count). The first kappa shape index (κ1) is 12.9. The largest absolute Gasteiger partial charge is 0.490 e. The Balaban J connectivity index is 2.18. The molecule has 0 aromatic carbocycles. The van der Waals surface area contributed by atoms with Gasteiger partial charge >= 0.3 is 0 Å². The van der Waals surface area contributed by atoms with Gasteiger partial charge in [-0.25, -0.2) is 9.97 Å². The second-order valence-electron chi connectivity index (χ2n) is 4.58. The Morgan fingerprint density at radius 2 is 2.39 bits per heavy atom. The molecule has 0 radical (unpaired) electrons. The monoisotopic (exact) mass is 252 g/mol. The van der Waals surface area contributed by atoms with Crippen LogP contribution in [0.2, 0.25) is 0 Å². The van der Waals surface area contributed by atoms with Gasteiger partial charge in [-0.1, -0.05) is 0 Å². The van der Waals surface area contributed by atoms with Crippen LogP contribution < -0.4 is 15.4 Å². The van der Waals surface area contributed by atoms with E-state index < -0.39 is 0 Å². The van der Waals surface area contributed by atoms with Crippen molar-refractivity contribution in [2.45, 2.75) is 19.3 Å². The standard InChI is InChI=1S/C12H20N4O2/c1-18-10-11(13)14-8-15-12(10)16-5-2-3-9(7-16)4-6-17/h8-9,17H,2-7H2,1H3,(H2,13,14,15). The van der Waals surface area contributed by atoms with Gasteiger partial charge in [0.2, 0.25) is 5.75 Å². The summed E-state index contributed by atoms with van der Waals surface area (Å²) < 4.78 is 5.28. The van der Waals surface area contributed by atoms with E-state index in [1.807, 2.05) is 0 Å². The van der Waals surface area contributed by atoms with Gasteiger partial charge in [0.25, 0.3) is 0 Å². The third-order valence-corrected chi connectivity index (χ3v) is 3.37. The van der Waals surface area contributed by atoms with Crippen LogP contribution in [-0.4, -0.2) is 41.9 Å². The maximum atomic E-state index is 9.03. The van der Waals surface area contributed by atoms with E-state index >= 15 is 0 Å². The number of aliphatic hydroxyl groups excluding tert-OH is 1. The first-order chi connectivity index (χ1) is 8.76. The zero-order chi connectivity index (χ0) is 13.0. The minimum Gasteiger partial charge on any atom is -0.490 e. The van der Waals surface area contributed by atoms with Crippen molar-refractivity contribution < 1.29 is 9.84 Å². The Bertz CT molecular complexity index is 398. The number of hydrogen-bond acceptors (Lipinski definition) is 6. The third-order valence-electron chi connectivity index (χ3n) is 3.37. The van der Waals surface area contributed by atoms with Crippen LogP contribution in [-0.2, 0) is 0 Å². The number of methoxy groups -OCH3 is 1. The third kappa shape index (κ3) is 2.64. The van der Waals surface area contributed by atoms with Gasteiger partial charge in [-0.15, -0.1) is 0 Å². The molecule has 1 saturated heterocycles. The average Bonchev–Trinajstić information content (AvgIpc) is 2.39. The Kier molecular flexibility index (Phi) is 4.19. The number of hydrogen-bond donors (Lipinski definition) is 2. The van der Waals surface area contributed by atoms with E-state index in [1.54, 1.807) is 7.11 Å². The van der Waals surface area contributed by atoms with E-state index in [9.17, 15) is 0 Å². The molecular formula is C12H20N4O2. The normalized spacial score (nSPS) is 19.9. The molecule has 0 aliphatic carbocycles. The zero-order valence-electron chi connectivity index (χ0n) is 10.7. The molecular weight excluding hydrogens is 232 g/mol. The predicted molar refractivity (Wildman–Crippen MR) is 69.6 cm³/mol. The molecule has 1 aromatic heterocycles. The Hall–Kier alpha value is -1.56. The fraction of sp³-hybridized carbons (Fsp3) is 0.667. The molecule has 1 aromatic rings. The van der Waals surface area contributed by atoms with E-state index in [4.69, 9.17) is 15.6 Å². The summed E-state index contributed by atoms with van der Waals surface area (Å²) in [5.41, 5.74) is 5.79. The van der Waals surface area contributed by atoms with Gasteiger partial charge in [-0.05, 0) is 25.2 Å². The zero-order valence-corrected chi connectivity index (χ0v) is 10.7. The summed E-state index contributed by atoms with van der Waals surface area (Å²) in [6, 6.07) is 0. The van der Waals surface area contributed by atoms with E-state index in [1.165, 1.54) is 6.33 Å². The van der Waals surface area contributed by atoms with Crippen LogP contribution in [0.3, 0.4) is 0 Å². The molecule has 0 spiro atoms. The number of aliphatic hydroxyl groups is 1. The molecule has 2 heterocycles. The van der Waals surface area contributed by atoms with Crippen molar-refractivity contribution in [1.29, 1.82) is 0 Å². The molecule has 100 valence electrons. The highest BCUT2D eigenvalue weighted by Gasteiger charge is 2.24. The number of nitrogens with zero attached hydrogens (tertiary/aromatic N) is 3. The lowest BCUT2D eigenvalue weighted by Crippen LogP contribution is -2.36. The fourth-order valence-electron chi connectivity index (χ4n) is 2.47. The summed E-state index contributed by atoms with van der Waals surface area (Å²) >= 11 is 0. The second kappa shape index (κ2) is 5.86. The molecule has 3 N–H and O–H groups in total. The van der Waals surface area contributed by atoms with Crippen molar-refractivity contribution in [2.75, 3.05) is 37.4 Å². The summed E-state index contributed by atoms with van der Waals surface area (Å²) in [5, 5.41) is 9.03. The number of anilines is 2. The molecule has 1 aliphatic rings. The first-order valence-electron chi connectivity index (χ1n) is 6.26. The van der Waals surface area contributed by atoms with Gasteiger partial charge in [0, 0.05) is 19.7 Å². The second-order valence-corrected chi connectivity index (χ2v) is 4.58. The summed E-state index contributed by atoms with van der Waals surface area (Å²) in [7, 11) is 1.58. The number of nitrogen functional groups attached to an aromatic ring is 1. The number of ether oxygens (including phenoxy) is 1. The smallest absolute Gasteiger partial charge is 0.204 e. The highest BCUT2D eigenvalue weighted by atomic mass is 16.5. The van der Waals surface area contributed by atoms with Gasteiger partial charge in [-0.3, -0.25) is 0 Å². The van der Waals surface area contributed by atoms with E-state index in [0.717, 1.165) is 38.2 Å². The lowest BCUT2D eigenvalue weighted by atomic mass is 9.95. The van der Waals surface area contributed by atoms with Gasteiger partial charge in [0.15, 0.2) is 11.6 Å². The predicted octanol–water partition coefficient (Wildman–Crippen LogP) is 0.666. The molecule has 0 saturated carbocycles. The van der Waals surface area contributed by atoms with Crippen LogP contribution >= 0.6 is 0 Å². The number of piperidine rings is 1. The SMILES string of the molecule is COc1c(N)ncnc1N1CCCC(CCO)C1. The lowest BCUT2D eigenvalue weighted by molar-refractivity contribution is 0.244. The lowest BCUT2D eigenvalue weighted by Gasteiger charge is -2.34. The van der Waals surface area contributed by atoms with Crippen LogP contribution in [0.25, 0.3) is 0 Å². The molecule has 6 heteroatoms. The van der Waals surface area contributed by atoms with Crippen LogP contribution in [0.4, 0.5) is 11.6 Å². The van der Waals surface area contributed by atoms with E-state index in [2.05, 4.69) is 14.9 Å². The first-order valence-corrected chi connectivity index (χ1v) is 6.26. The van der Waals surface area contributed by atoms with Crippen molar-refractivity contribution in [3.05, 3.63) is 6.33 Å². The fourth-order valence-corrected chi connectivity index (χ4v) is 2.47. The minimum atomic E-state index is 0.238. The van der Waals surface area contributed by atoms with Gasteiger partial charge in [0.1, 0.15) is 6.33 Å². The molecule has 0 bridgehead atoms. The maximum Gasteiger partial charge on any atom is 0.204 e. The number of rotatable bonds is 4. The molecule has 6 nitrogen and oxygen atoms in total. The van der Waals surface area contributed by atoms with E-state index in [-0.39, 0.29) is 6.61 Å². The molecule has 1 atom stereocenters. The topological polar surface area (TPSA) is 84.5 Å². The molecule has 1 unspecified atom stereocenters. The maximum absolute atomic E-state index is 9.03. The van der Waals surface area contributed by atoms with Gasteiger partial charge < -0.3 is 20.5 Å². The van der Waals surface area contributed by atoms with Crippen molar-refractivity contribution in [3.8, 4) is 5.75 Å². The molecule has 1 fully saturated rings. The van der Waals surface area contributed by atoms with Gasteiger partial charge in [0.05, 0.1) is 7.11 Å². The van der Waals surface area contributed by atoms with Crippen LogP contribution in [0.5, 0.6) is 5.75 Å². The van der Waals surface area contributed by atoms with Gasteiger partial charge in [-0.2, -0.15) is 0 Å². The quantitative estimate of drug-likeness (QED) is 0.819. The Labute approximate surface area is 107 Å². The molecule has 0 amide bonds. The Morgan fingerprint density at radius 3 is 3.11 bits per heavy atom. The summed E-state index contributed by atoms with van der Waals surface area (Å²) in [5.74, 6) is 2.17. The van der Waals surface area contributed by atoms with Crippen molar-refractivity contribution in [3.63, 3.8) is 0 Å². The molecule has 1 aliphatic heterocycles. The summed E-state index contributed by atoms with van der Waals surface area (Å²) in [6.07, 6.45) is 4.54. The Morgan fingerprint density at radius 1 is 1.56 bits per heavy atom. The van der Waals surface area contributed by atoms with Crippen LogP contribution in [0.15, 0.2) is 6.33 Å². The molecule has 18 heavy (non-hydrogen) atoms. The summed E-state index contributed by atoms with van der Waals surface area (Å²) in [6.45, 7) is 2.06. The highest BCUT2D eigenvalue weighted by Crippen LogP contribution is 2.33. The number of aromatic nitrogens is 2.